The molecule has 1 aromatic carbocycles. The van der Waals surface area contributed by atoms with Gasteiger partial charge in [0.2, 0.25) is 0 Å². The Labute approximate surface area is 108 Å². The summed E-state index contributed by atoms with van der Waals surface area (Å²) in [7, 11) is 0. The Kier molecular flexibility index (Phi) is 3.79. The van der Waals surface area contributed by atoms with Gasteiger partial charge in [0.15, 0.2) is 0 Å². The Morgan fingerprint density at radius 3 is 2.41 bits per heavy atom. The van der Waals surface area contributed by atoms with Crippen LogP contribution in [0.25, 0.3) is 0 Å². The summed E-state index contributed by atoms with van der Waals surface area (Å²) >= 11 is 1.98. The molecule has 2 rings (SSSR count). The second-order valence-corrected chi connectivity index (χ2v) is 6.31. The topological polar surface area (TPSA) is 23.8 Å². The van der Waals surface area contributed by atoms with E-state index in [1.54, 1.807) is 0 Å². The van der Waals surface area contributed by atoms with E-state index in [1.807, 2.05) is 11.8 Å². The lowest BCUT2D eigenvalue weighted by molar-refractivity contribution is 0.604. The zero-order valence-corrected chi connectivity index (χ0v) is 11.4. The zero-order valence-electron chi connectivity index (χ0n) is 10.6. The highest BCUT2D eigenvalue weighted by Crippen LogP contribution is 2.51. The lowest BCUT2D eigenvalue weighted by Crippen LogP contribution is -2.02. The van der Waals surface area contributed by atoms with E-state index in [4.69, 9.17) is 5.26 Å². The van der Waals surface area contributed by atoms with Crippen LogP contribution in [-0.2, 0) is 5.75 Å². The molecule has 0 atom stereocenters. The number of hydrogen-bond acceptors (Lipinski definition) is 2. The monoisotopic (exact) mass is 245 g/mol. The molecule has 1 aromatic rings. The largest absolute Gasteiger partial charge is 0.198 e. The predicted molar refractivity (Wildman–Crippen MR) is 74.0 cm³/mol. The fourth-order valence-electron chi connectivity index (χ4n) is 2.25. The molecule has 1 saturated carbocycles. The van der Waals surface area contributed by atoms with Crippen molar-refractivity contribution in [1.29, 1.82) is 5.26 Å². The highest BCUT2D eigenvalue weighted by molar-refractivity contribution is 7.98. The first kappa shape index (κ1) is 12.5. The van der Waals surface area contributed by atoms with Crippen LogP contribution in [0.4, 0.5) is 0 Å². The molecule has 0 saturated heterocycles. The van der Waals surface area contributed by atoms with E-state index in [0.717, 1.165) is 17.9 Å². The molecule has 0 spiro atoms. The van der Waals surface area contributed by atoms with Crippen molar-refractivity contribution in [3.63, 3.8) is 0 Å². The van der Waals surface area contributed by atoms with E-state index in [2.05, 4.69) is 38.1 Å². The summed E-state index contributed by atoms with van der Waals surface area (Å²) in [4.78, 5) is 0. The normalized spacial score (nSPS) is 16.5. The van der Waals surface area contributed by atoms with E-state index >= 15 is 0 Å². The van der Waals surface area contributed by atoms with Crippen LogP contribution >= 0.6 is 11.8 Å². The summed E-state index contributed by atoms with van der Waals surface area (Å²) < 4.78 is 0. The van der Waals surface area contributed by atoms with Crippen LogP contribution in [0.5, 0.6) is 0 Å². The molecule has 1 aliphatic rings. The maximum absolute atomic E-state index is 8.77. The number of benzene rings is 1. The molecule has 0 amide bonds. The van der Waals surface area contributed by atoms with Crippen LogP contribution in [-0.4, -0.2) is 5.75 Å². The van der Waals surface area contributed by atoms with Crippen LogP contribution in [0.2, 0.25) is 0 Å². The minimum atomic E-state index is 0.373. The van der Waals surface area contributed by atoms with E-state index in [0.29, 0.717) is 5.41 Å². The van der Waals surface area contributed by atoms with Gasteiger partial charge in [-0.25, -0.2) is 0 Å². The summed E-state index contributed by atoms with van der Waals surface area (Å²) in [6.45, 7) is 4.30. The highest BCUT2D eigenvalue weighted by atomic mass is 32.2. The smallest absolute Gasteiger partial charge is 0.0627 e. The summed E-state index contributed by atoms with van der Waals surface area (Å²) in [6.07, 6.45) is 3.24. The molecule has 0 aliphatic heterocycles. The average molecular weight is 245 g/mol. The van der Waals surface area contributed by atoms with Crippen LogP contribution in [0.1, 0.15) is 36.0 Å². The van der Waals surface area contributed by atoms with Gasteiger partial charge < -0.3 is 0 Å². The van der Waals surface area contributed by atoms with Crippen molar-refractivity contribution in [2.75, 3.05) is 5.75 Å². The molecule has 1 nitrogen and oxygen atoms in total. The number of nitrogens with zero attached hydrogens (tertiary/aromatic N) is 1. The average Bonchev–Trinajstić information content (AvgIpc) is 2.97. The summed E-state index contributed by atoms with van der Waals surface area (Å²) in [6, 6.07) is 9.07. The van der Waals surface area contributed by atoms with Gasteiger partial charge in [0.05, 0.1) is 6.07 Å². The zero-order chi connectivity index (χ0) is 12.3. The third-order valence-corrected chi connectivity index (χ3v) is 4.72. The molecule has 1 aliphatic carbocycles. The van der Waals surface area contributed by atoms with Crippen molar-refractivity contribution in [2.24, 2.45) is 5.41 Å². The van der Waals surface area contributed by atoms with Gasteiger partial charge >= 0.3 is 0 Å². The number of rotatable bonds is 5. The van der Waals surface area contributed by atoms with Crippen molar-refractivity contribution < 1.29 is 0 Å². The lowest BCUT2D eigenvalue weighted by Gasteiger charge is -2.10. The third kappa shape index (κ3) is 3.51. The van der Waals surface area contributed by atoms with Crippen molar-refractivity contribution >= 4 is 11.8 Å². The molecule has 0 bridgehead atoms. The van der Waals surface area contributed by atoms with E-state index in [1.165, 1.54) is 29.5 Å². The van der Waals surface area contributed by atoms with E-state index in [-0.39, 0.29) is 0 Å². The Morgan fingerprint density at radius 1 is 1.24 bits per heavy atom. The van der Waals surface area contributed by atoms with Gasteiger partial charge in [-0.3, -0.25) is 0 Å². The number of nitriles is 1. The fraction of sp³-hybridized carbons (Fsp3) is 0.533. The molecule has 0 heterocycles. The number of thioether (sulfide) groups is 1. The molecular weight excluding hydrogens is 226 g/mol. The van der Waals surface area contributed by atoms with Gasteiger partial charge in [0.25, 0.3) is 0 Å². The molecule has 1 fully saturated rings. The first-order valence-electron chi connectivity index (χ1n) is 6.15. The van der Waals surface area contributed by atoms with Gasteiger partial charge in [-0.1, -0.05) is 29.3 Å². The second kappa shape index (κ2) is 5.14. The summed E-state index contributed by atoms with van der Waals surface area (Å²) in [5.41, 5.74) is 4.48. The quantitative estimate of drug-likeness (QED) is 0.775. The Balaban J connectivity index is 1.84. The standard InChI is InChI=1S/C15H19NS/c1-12-7-13(2)9-14(8-12)10-17-11-15(3-4-15)5-6-16/h7-9H,3-5,10-11H2,1-2H3. The lowest BCUT2D eigenvalue weighted by atomic mass is 10.1. The molecular formula is C15H19NS. The predicted octanol–water partition coefficient (Wildman–Crippen LogP) is 4.23. The maximum atomic E-state index is 8.77. The van der Waals surface area contributed by atoms with Gasteiger partial charge in [-0.15, -0.1) is 0 Å². The van der Waals surface area contributed by atoms with E-state index in [9.17, 15) is 0 Å². The van der Waals surface area contributed by atoms with Crippen LogP contribution < -0.4 is 0 Å². The molecule has 0 radical (unpaired) electrons. The molecule has 90 valence electrons. The molecule has 17 heavy (non-hydrogen) atoms. The minimum absolute atomic E-state index is 0.373. The Bertz CT molecular complexity index is 420. The first-order valence-corrected chi connectivity index (χ1v) is 7.31. The molecule has 2 heteroatoms. The van der Waals surface area contributed by atoms with Gasteiger partial charge in [0, 0.05) is 17.9 Å². The van der Waals surface area contributed by atoms with Crippen LogP contribution in [0.3, 0.4) is 0 Å². The molecule has 0 unspecified atom stereocenters. The third-order valence-electron chi connectivity index (χ3n) is 3.37. The van der Waals surface area contributed by atoms with Gasteiger partial charge in [-0.2, -0.15) is 17.0 Å². The number of aryl methyl sites for hydroxylation is 2. The Hall–Kier alpha value is -0.940. The van der Waals surface area contributed by atoms with E-state index < -0.39 is 0 Å². The van der Waals surface area contributed by atoms with Crippen LogP contribution in [0.15, 0.2) is 18.2 Å². The van der Waals surface area contributed by atoms with Gasteiger partial charge in [-0.05, 0) is 37.7 Å². The molecule has 0 aromatic heterocycles. The summed E-state index contributed by atoms with van der Waals surface area (Å²) in [5.74, 6) is 2.23. The highest BCUT2D eigenvalue weighted by Gasteiger charge is 2.41. The minimum Gasteiger partial charge on any atom is -0.198 e. The SMILES string of the molecule is Cc1cc(C)cc(CSCC2(CC#N)CC2)c1. The second-order valence-electron chi connectivity index (χ2n) is 5.32. The van der Waals surface area contributed by atoms with Crippen molar-refractivity contribution in [1.82, 2.24) is 0 Å². The first-order chi connectivity index (χ1) is 8.13. The maximum Gasteiger partial charge on any atom is 0.0627 e. The van der Waals surface area contributed by atoms with Crippen molar-refractivity contribution in [3.05, 3.63) is 34.9 Å². The van der Waals surface area contributed by atoms with Crippen LogP contribution in [0, 0.1) is 30.6 Å². The molecule has 0 N–H and O–H groups in total. The summed E-state index contributed by atoms with van der Waals surface area (Å²) in [5, 5.41) is 8.77. The number of hydrogen-bond donors (Lipinski definition) is 0. The van der Waals surface area contributed by atoms with Gasteiger partial charge in [0.1, 0.15) is 0 Å². The van der Waals surface area contributed by atoms with Crippen molar-refractivity contribution in [3.8, 4) is 6.07 Å². The fourth-order valence-corrected chi connectivity index (χ4v) is 3.58. The van der Waals surface area contributed by atoms with Crippen molar-refractivity contribution in [2.45, 2.75) is 38.9 Å². The Morgan fingerprint density at radius 2 is 1.88 bits per heavy atom.